The molecule has 0 radical (unpaired) electrons. The normalized spacial score (nSPS) is 37.8. The second kappa shape index (κ2) is 3.35. The van der Waals surface area contributed by atoms with Crippen LogP contribution in [0, 0.1) is 0 Å². The molecule has 0 bridgehead atoms. The SMILES string of the molecule is CCN1CCC2(CCCCO2)C1. The Morgan fingerprint density at radius 1 is 1.33 bits per heavy atom. The maximum atomic E-state index is 5.92. The fraction of sp³-hybridized carbons (Fsp3) is 1.00. The van der Waals surface area contributed by atoms with Gasteiger partial charge in [0, 0.05) is 19.7 Å². The van der Waals surface area contributed by atoms with E-state index in [-0.39, 0.29) is 5.60 Å². The average molecular weight is 169 g/mol. The van der Waals surface area contributed by atoms with E-state index < -0.39 is 0 Å². The van der Waals surface area contributed by atoms with Gasteiger partial charge in [0.05, 0.1) is 5.60 Å². The van der Waals surface area contributed by atoms with Gasteiger partial charge in [-0.3, -0.25) is 0 Å². The second-order valence-electron chi connectivity index (χ2n) is 4.11. The van der Waals surface area contributed by atoms with Gasteiger partial charge in [-0.05, 0) is 32.2 Å². The maximum Gasteiger partial charge on any atom is 0.0820 e. The van der Waals surface area contributed by atoms with Crippen molar-refractivity contribution in [2.24, 2.45) is 0 Å². The molecule has 0 amide bonds. The highest BCUT2D eigenvalue weighted by Crippen LogP contribution is 2.33. The molecule has 2 aliphatic heterocycles. The first-order chi connectivity index (χ1) is 5.85. The Hall–Kier alpha value is -0.0800. The first-order valence-corrected chi connectivity index (χ1v) is 5.21. The highest BCUT2D eigenvalue weighted by molar-refractivity contribution is 4.92. The molecule has 0 aromatic heterocycles. The van der Waals surface area contributed by atoms with Crippen LogP contribution in [0.2, 0.25) is 0 Å². The minimum Gasteiger partial charge on any atom is -0.374 e. The molecule has 1 unspecified atom stereocenters. The van der Waals surface area contributed by atoms with Crippen molar-refractivity contribution < 1.29 is 4.74 Å². The zero-order chi connectivity index (χ0) is 8.44. The number of rotatable bonds is 1. The topological polar surface area (TPSA) is 12.5 Å². The summed E-state index contributed by atoms with van der Waals surface area (Å²) >= 11 is 0. The van der Waals surface area contributed by atoms with E-state index in [2.05, 4.69) is 11.8 Å². The van der Waals surface area contributed by atoms with Crippen molar-refractivity contribution in [2.75, 3.05) is 26.2 Å². The molecule has 0 aromatic carbocycles. The van der Waals surface area contributed by atoms with Crippen molar-refractivity contribution in [2.45, 2.75) is 38.2 Å². The smallest absolute Gasteiger partial charge is 0.0820 e. The lowest BCUT2D eigenvalue weighted by atomic mass is 9.93. The maximum absolute atomic E-state index is 5.92. The molecule has 2 rings (SSSR count). The molecule has 2 aliphatic rings. The standard InChI is InChI=1S/C10H19NO/c1-2-11-7-6-10(9-11)5-3-4-8-12-10/h2-9H2,1H3. The number of hydrogen-bond donors (Lipinski definition) is 0. The molecule has 0 aliphatic carbocycles. The van der Waals surface area contributed by atoms with E-state index in [1.165, 1.54) is 45.3 Å². The molecule has 2 saturated heterocycles. The largest absolute Gasteiger partial charge is 0.374 e. The van der Waals surface area contributed by atoms with E-state index in [1.807, 2.05) is 0 Å². The van der Waals surface area contributed by atoms with Crippen LogP contribution in [-0.4, -0.2) is 36.7 Å². The molecule has 1 atom stereocenters. The number of ether oxygens (including phenoxy) is 1. The molecule has 0 N–H and O–H groups in total. The van der Waals surface area contributed by atoms with Gasteiger partial charge in [0.25, 0.3) is 0 Å². The van der Waals surface area contributed by atoms with Crippen LogP contribution in [0.3, 0.4) is 0 Å². The Morgan fingerprint density at radius 2 is 2.25 bits per heavy atom. The van der Waals surface area contributed by atoms with E-state index in [4.69, 9.17) is 4.74 Å². The van der Waals surface area contributed by atoms with Crippen LogP contribution in [0.1, 0.15) is 32.6 Å². The monoisotopic (exact) mass is 169 g/mol. The van der Waals surface area contributed by atoms with Gasteiger partial charge < -0.3 is 9.64 Å². The Kier molecular flexibility index (Phi) is 2.37. The second-order valence-corrected chi connectivity index (χ2v) is 4.11. The van der Waals surface area contributed by atoms with Crippen molar-refractivity contribution in [1.29, 1.82) is 0 Å². The Morgan fingerprint density at radius 3 is 2.83 bits per heavy atom. The highest BCUT2D eigenvalue weighted by atomic mass is 16.5. The van der Waals surface area contributed by atoms with E-state index in [0.29, 0.717) is 0 Å². The van der Waals surface area contributed by atoms with Crippen LogP contribution >= 0.6 is 0 Å². The summed E-state index contributed by atoms with van der Waals surface area (Å²) in [5.41, 5.74) is 0.272. The van der Waals surface area contributed by atoms with E-state index >= 15 is 0 Å². The van der Waals surface area contributed by atoms with Gasteiger partial charge in [-0.2, -0.15) is 0 Å². The summed E-state index contributed by atoms with van der Waals surface area (Å²) in [6.07, 6.45) is 5.20. The lowest BCUT2D eigenvalue weighted by Crippen LogP contribution is -2.39. The zero-order valence-corrected chi connectivity index (χ0v) is 8.01. The number of likely N-dealkylation sites (tertiary alicyclic amines) is 1. The minimum absolute atomic E-state index is 0.272. The van der Waals surface area contributed by atoms with Gasteiger partial charge in [0.15, 0.2) is 0 Å². The van der Waals surface area contributed by atoms with Crippen LogP contribution in [0.5, 0.6) is 0 Å². The molecule has 2 nitrogen and oxygen atoms in total. The van der Waals surface area contributed by atoms with Gasteiger partial charge in [-0.1, -0.05) is 6.92 Å². The van der Waals surface area contributed by atoms with Gasteiger partial charge in [-0.25, -0.2) is 0 Å². The lowest BCUT2D eigenvalue weighted by Gasteiger charge is -2.33. The summed E-state index contributed by atoms with van der Waals surface area (Å²) in [5, 5.41) is 0. The quantitative estimate of drug-likeness (QED) is 0.592. The first kappa shape index (κ1) is 8.52. The summed E-state index contributed by atoms with van der Waals surface area (Å²) in [6, 6.07) is 0. The Labute approximate surface area is 74.9 Å². The predicted molar refractivity (Wildman–Crippen MR) is 49.3 cm³/mol. The van der Waals surface area contributed by atoms with Gasteiger partial charge in [0.1, 0.15) is 0 Å². The van der Waals surface area contributed by atoms with Crippen molar-refractivity contribution in [3.05, 3.63) is 0 Å². The molecule has 2 heterocycles. The van der Waals surface area contributed by atoms with Crippen molar-refractivity contribution in [3.63, 3.8) is 0 Å². The van der Waals surface area contributed by atoms with Crippen LogP contribution in [0.4, 0.5) is 0 Å². The molecule has 0 saturated carbocycles. The van der Waals surface area contributed by atoms with Gasteiger partial charge >= 0.3 is 0 Å². The van der Waals surface area contributed by atoms with Crippen LogP contribution in [0.15, 0.2) is 0 Å². The van der Waals surface area contributed by atoms with Crippen LogP contribution < -0.4 is 0 Å². The summed E-state index contributed by atoms with van der Waals surface area (Å²) in [7, 11) is 0. The van der Waals surface area contributed by atoms with Crippen LogP contribution in [-0.2, 0) is 4.74 Å². The third-order valence-electron chi connectivity index (χ3n) is 3.28. The fourth-order valence-corrected chi connectivity index (χ4v) is 2.43. The minimum atomic E-state index is 0.272. The van der Waals surface area contributed by atoms with Crippen molar-refractivity contribution in [1.82, 2.24) is 4.90 Å². The Balaban J connectivity index is 1.94. The molecule has 70 valence electrons. The molecule has 0 aromatic rings. The van der Waals surface area contributed by atoms with Crippen LogP contribution in [0.25, 0.3) is 0 Å². The van der Waals surface area contributed by atoms with E-state index in [1.54, 1.807) is 0 Å². The summed E-state index contributed by atoms with van der Waals surface area (Å²) in [4.78, 5) is 2.51. The third kappa shape index (κ3) is 1.50. The molecular formula is C10H19NO. The fourth-order valence-electron chi connectivity index (χ4n) is 2.43. The molecule has 1 spiro atoms. The number of hydrogen-bond acceptors (Lipinski definition) is 2. The zero-order valence-electron chi connectivity index (χ0n) is 8.01. The number of nitrogens with zero attached hydrogens (tertiary/aromatic N) is 1. The average Bonchev–Trinajstić information content (AvgIpc) is 2.50. The predicted octanol–water partition coefficient (Wildman–Crippen LogP) is 1.65. The van der Waals surface area contributed by atoms with E-state index in [0.717, 1.165) is 6.61 Å². The molecular weight excluding hydrogens is 150 g/mol. The van der Waals surface area contributed by atoms with Gasteiger partial charge in [-0.15, -0.1) is 0 Å². The van der Waals surface area contributed by atoms with Gasteiger partial charge in [0.2, 0.25) is 0 Å². The summed E-state index contributed by atoms with van der Waals surface area (Å²) in [5.74, 6) is 0. The lowest BCUT2D eigenvalue weighted by molar-refractivity contribution is -0.0692. The Bertz CT molecular complexity index is 152. The molecule has 12 heavy (non-hydrogen) atoms. The third-order valence-corrected chi connectivity index (χ3v) is 3.28. The van der Waals surface area contributed by atoms with Crippen molar-refractivity contribution >= 4 is 0 Å². The summed E-state index contributed by atoms with van der Waals surface area (Å²) in [6.45, 7) is 6.85. The molecule has 2 heteroatoms. The van der Waals surface area contributed by atoms with E-state index in [9.17, 15) is 0 Å². The number of likely N-dealkylation sites (N-methyl/N-ethyl adjacent to an activating group) is 1. The first-order valence-electron chi connectivity index (χ1n) is 5.21. The van der Waals surface area contributed by atoms with Crippen molar-refractivity contribution in [3.8, 4) is 0 Å². The summed E-state index contributed by atoms with van der Waals surface area (Å²) < 4.78 is 5.92. The highest BCUT2D eigenvalue weighted by Gasteiger charge is 2.39. The molecule has 2 fully saturated rings.